The third-order valence-electron chi connectivity index (χ3n) is 2.80. The molecule has 1 heterocycles. The minimum atomic E-state index is 0.844. The molecule has 0 fully saturated rings. The van der Waals surface area contributed by atoms with E-state index in [1.165, 1.54) is 24.9 Å². The van der Waals surface area contributed by atoms with Gasteiger partial charge in [0, 0.05) is 18.8 Å². The first-order chi connectivity index (χ1) is 7.34. The number of nitrogen functional groups attached to an aromatic ring is 1. The SMILES string of the molecule is Nc1ccc(CCN2C=CCCC2)cc1. The fourth-order valence-electron chi connectivity index (χ4n) is 1.85. The Morgan fingerprint density at radius 3 is 2.67 bits per heavy atom. The molecule has 0 unspecified atom stereocenters. The van der Waals surface area contributed by atoms with Crippen molar-refractivity contribution in [2.45, 2.75) is 19.3 Å². The lowest BCUT2D eigenvalue weighted by Gasteiger charge is -2.23. The monoisotopic (exact) mass is 202 g/mol. The molecule has 0 amide bonds. The van der Waals surface area contributed by atoms with Gasteiger partial charge in [0.2, 0.25) is 0 Å². The van der Waals surface area contributed by atoms with E-state index < -0.39 is 0 Å². The lowest BCUT2D eigenvalue weighted by atomic mass is 10.1. The van der Waals surface area contributed by atoms with Gasteiger partial charge in [-0.05, 0) is 43.2 Å². The van der Waals surface area contributed by atoms with E-state index in [2.05, 4.69) is 29.3 Å². The Labute approximate surface area is 91.4 Å². The van der Waals surface area contributed by atoms with E-state index >= 15 is 0 Å². The molecule has 1 aliphatic heterocycles. The summed E-state index contributed by atoms with van der Waals surface area (Å²) in [5, 5.41) is 0. The molecule has 2 rings (SSSR count). The number of hydrogen-bond acceptors (Lipinski definition) is 2. The van der Waals surface area contributed by atoms with Crippen molar-refractivity contribution >= 4 is 5.69 Å². The van der Waals surface area contributed by atoms with Crippen molar-refractivity contribution in [1.29, 1.82) is 0 Å². The Balaban J connectivity index is 1.84. The van der Waals surface area contributed by atoms with Crippen LogP contribution in [0, 0.1) is 0 Å². The van der Waals surface area contributed by atoms with E-state index in [1.54, 1.807) is 0 Å². The molecule has 0 bridgehead atoms. The molecule has 1 aromatic rings. The van der Waals surface area contributed by atoms with Gasteiger partial charge in [-0.15, -0.1) is 0 Å². The first-order valence-corrected chi connectivity index (χ1v) is 5.60. The maximum Gasteiger partial charge on any atom is 0.0314 e. The molecule has 0 spiro atoms. The number of nitrogens with two attached hydrogens (primary N) is 1. The van der Waals surface area contributed by atoms with E-state index in [1.807, 2.05) is 12.1 Å². The van der Waals surface area contributed by atoms with Gasteiger partial charge in [0.15, 0.2) is 0 Å². The van der Waals surface area contributed by atoms with E-state index in [-0.39, 0.29) is 0 Å². The standard InChI is InChI=1S/C13H18N2/c14-13-6-4-12(5-7-13)8-11-15-9-2-1-3-10-15/h2,4-7,9H,1,3,8,10-11,14H2. The molecule has 0 aliphatic carbocycles. The summed E-state index contributed by atoms with van der Waals surface area (Å²) in [5.41, 5.74) is 7.85. The summed E-state index contributed by atoms with van der Waals surface area (Å²) in [6.45, 7) is 2.31. The molecule has 15 heavy (non-hydrogen) atoms. The van der Waals surface area contributed by atoms with Crippen LogP contribution in [0.15, 0.2) is 36.5 Å². The third-order valence-corrected chi connectivity index (χ3v) is 2.80. The van der Waals surface area contributed by atoms with Crippen LogP contribution < -0.4 is 5.73 Å². The summed E-state index contributed by atoms with van der Waals surface area (Å²) in [7, 11) is 0. The zero-order valence-electron chi connectivity index (χ0n) is 9.02. The second kappa shape index (κ2) is 4.87. The van der Waals surface area contributed by atoms with Crippen molar-refractivity contribution in [3.63, 3.8) is 0 Å². The van der Waals surface area contributed by atoms with Crippen LogP contribution in [-0.4, -0.2) is 18.0 Å². The topological polar surface area (TPSA) is 29.3 Å². The van der Waals surface area contributed by atoms with Crippen LogP contribution in [0.5, 0.6) is 0 Å². The molecule has 0 saturated heterocycles. The van der Waals surface area contributed by atoms with Crippen molar-refractivity contribution in [3.05, 3.63) is 42.1 Å². The normalized spacial score (nSPS) is 15.6. The molecule has 2 N–H and O–H groups in total. The highest BCUT2D eigenvalue weighted by Crippen LogP contribution is 2.09. The number of anilines is 1. The molecular weight excluding hydrogens is 184 g/mol. The van der Waals surface area contributed by atoms with Crippen LogP contribution in [0.4, 0.5) is 5.69 Å². The van der Waals surface area contributed by atoms with Crippen LogP contribution in [0.1, 0.15) is 18.4 Å². The smallest absolute Gasteiger partial charge is 0.0314 e. The summed E-state index contributed by atoms with van der Waals surface area (Å²) in [6, 6.07) is 8.18. The van der Waals surface area contributed by atoms with Crippen LogP contribution >= 0.6 is 0 Å². The van der Waals surface area contributed by atoms with Crippen LogP contribution in [-0.2, 0) is 6.42 Å². The van der Waals surface area contributed by atoms with Gasteiger partial charge in [0.1, 0.15) is 0 Å². The summed E-state index contributed by atoms with van der Waals surface area (Å²) in [6.07, 6.45) is 8.11. The van der Waals surface area contributed by atoms with Crippen LogP contribution in [0.2, 0.25) is 0 Å². The molecule has 2 heteroatoms. The van der Waals surface area contributed by atoms with Crippen molar-refractivity contribution in [3.8, 4) is 0 Å². The fourth-order valence-corrected chi connectivity index (χ4v) is 1.85. The van der Waals surface area contributed by atoms with Gasteiger partial charge >= 0.3 is 0 Å². The molecule has 1 aromatic carbocycles. The first kappa shape index (κ1) is 10.1. The van der Waals surface area contributed by atoms with Gasteiger partial charge in [-0.25, -0.2) is 0 Å². The average Bonchev–Trinajstić information content (AvgIpc) is 2.30. The fraction of sp³-hybridized carbons (Fsp3) is 0.385. The Hall–Kier alpha value is -1.44. The number of allylic oxidation sites excluding steroid dienone is 1. The highest BCUT2D eigenvalue weighted by molar-refractivity contribution is 5.39. The lowest BCUT2D eigenvalue weighted by molar-refractivity contribution is 0.359. The molecule has 0 aromatic heterocycles. The van der Waals surface area contributed by atoms with Gasteiger partial charge in [0.25, 0.3) is 0 Å². The average molecular weight is 202 g/mol. The van der Waals surface area contributed by atoms with Gasteiger partial charge in [-0.2, -0.15) is 0 Å². The third kappa shape index (κ3) is 3.01. The summed E-state index contributed by atoms with van der Waals surface area (Å²) < 4.78 is 0. The van der Waals surface area contributed by atoms with Crippen molar-refractivity contribution in [2.75, 3.05) is 18.8 Å². The Bertz CT molecular complexity index is 327. The van der Waals surface area contributed by atoms with E-state index in [4.69, 9.17) is 5.73 Å². The van der Waals surface area contributed by atoms with Gasteiger partial charge < -0.3 is 10.6 Å². The van der Waals surface area contributed by atoms with Gasteiger partial charge in [-0.1, -0.05) is 18.2 Å². The Morgan fingerprint density at radius 1 is 1.20 bits per heavy atom. The number of hydrogen-bond donors (Lipinski definition) is 1. The van der Waals surface area contributed by atoms with E-state index in [9.17, 15) is 0 Å². The highest BCUT2D eigenvalue weighted by Gasteiger charge is 2.03. The minimum Gasteiger partial charge on any atom is -0.399 e. The maximum absolute atomic E-state index is 5.64. The lowest BCUT2D eigenvalue weighted by Crippen LogP contribution is -2.23. The quantitative estimate of drug-likeness (QED) is 0.763. The second-order valence-corrected chi connectivity index (χ2v) is 4.05. The predicted octanol–water partition coefficient (Wildman–Crippen LogP) is 2.42. The summed E-state index contributed by atoms with van der Waals surface area (Å²) >= 11 is 0. The molecule has 1 aliphatic rings. The summed E-state index contributed by atoms with van der Waals surface area (Å²) in [4.78, 5) is 2.39. The van der Waals surface area contributed by atoms with Crippen LogP contribution in [0.3, 0.4) is 0 Å². The number of rotatable bonds is 3. The minimum absolute atomic E-state index is 0.844. The molecule has 0 radical (unpaired) electrons. The van der Waals surface area contributed by atoms with Crippen molar-refractivity contribution < 1.29 is 0 Å². The molecule has 0 atom stereocenters. The largest absolute Gasteiger partial charge is 0.399 e. The number of benzene rings is 1. The van der Waals surface area contributed by atoms with Crippen LogP contribution in [0.25, 0.3) is 0 Å². The molecule has 80 valence electrons. The zero-order valence-corrected chi connectivity index (χ0v) is 9.02. The predicted molar refractivity (Wildman–Crippen MR) is 64.5 cm³/mol. The number of nitrogens with zero attached hydrogens (tertiary/aromatic N) is 1. The maximum atomic E-state index is 5.64. The van der Waals surface area contributed by atoms with Gasteiger partial charge in [0.05, 0.1) is 0 Å². The Morgan fingerprint density at radius 2 is 2.00 bits per heavy atom. The van der Waals surface area contributed by atoms with E-state index in [0.29, 0.717) is 0 Å². The first-order valence-electron chi connectivity index (χ1n) is 5.60. The summed E-state index contributed by atoms with van der Waals surface area (Å²) in [5.74, 6) is 0. The second-order valence-electron chi connectivity index (χ2n) is 4.05. The highest BCUT2D eigenvalue weighted by atomic mass is 15.1. The van der Waals surface area contributed by atoms with Crippen molar-refractivity contribution in [1.82, 2.24) is 4.90 Å². The Kier molecular flexibility index (Phi) is 3.28. The van der Waals surface area contributed by atoms with E-state index in [0.717, 1.165) is 18.7 Å². The van der Waals surface area contributed by atoms with Gasteiger partial charge in [-0.3, -0.25) is 0 Å². The van der Waals surface area contributed by atoms with Crippen molar-refractivity contribution in [2.24, 2.45) is 0 Å². The molecular formula is C13H18N2. The molecule has 0 saturated carbocycles. The zero-order chi connectivity index (χ0) is 10.5. The molecule has 2 nitrogen and oxygen atoms in total.